The topological polar surface area (TPSA) is 55.4 Å². The molecule has 0 fully saturated rings. The van der Waals surface area contributed by atoms with Crippen LogP contribution in [0.4, 0.5) is 0 Å². The van der Waals surface area contributed by atoms with Gasteiger partial charge in [0.2, 0.25) is 5.91 Å². The van der Waals surface area contributed by atoms with Crippen LogP contribution in [0, 0.1) is 0 Å². The molecule has 0 atom stereocenters. The zero-order valence-electron chi connectivity index (χ0n) is 13.4. The van der Waals surface area contributed by atoms with Crippen molar-refractivity contribution in [3.05, 3.63) is 0 Å². The van der Waals surface area contributed by atoms with Gasteiger partial charge in [-0.15, -0.1) is 0 Å². The van der Waals surface area contributed by atoms with Crippen LogP contribution in [-0.4, -0.2) is 24.5 Å². The van der Waals surface area contributed by atoms with Crippen molar-refractivity contribution in [2.45, 2.75) is 84.6 Å². The molecule has 0 aliphatic carbocycles. The molecule has 0 saturated heterocycles. The van der Waals surface area contributed by atoms with E-state index in [4.69, 9.17) is 4.74 Å². The Morgan fingerprint density at radius 3 is 2.25 bits per heavy atom. The van der Waals surface area contributed by atoms with Gasteiger partial charge >= 0.3 is 5.97 Å². The van der Waals surface area contributed by atoms with Gasteiger partial charge in [-0.3, -0.25) is 9.59 Å². The minimum absolute atomic E-state index is 0.0365. The number of unbranched alkanes of at least 4 members (excludes halogenated alkanes) is 3. The molecular formula is C16H31NO3. The van der Waals surface area contributed by atoms with Crippen LogP contribution in [0.3, 0.4) is 0 Å². The lowest BCUT2D eigenvalue weighted by molar-refractivity contribution is -0.143. The fraction of sp³-hybridized carbons (Fsp3) is 0.875. The van der Waals surface area contributed by atoms with E-state index >= 15 is 0 Å². The Balaban J connectivity index is 3.53. The number of amides is 1. The highest BCUT2D eigenvalue weighted by molar-refractivity contribution is 5.77. The monoisotopic (exact) mass is 285 g/mol. The lowest BCUT2D eigenvalue weighted by Crippen LogP contribution is -2.33. The molecule has 118 valence electrons. The van der Waals surface area contributed by atoms with Crippen molar-refractivity contribution in [1.82, 2.24) is 5.32 Å². The Morgan fingerprint density at radius 1 is 0.950 bits per heavy atom. The van der Waals surface area contributed by atoms with Crippen LogP contribution in [0.1, 0.15) is 78.6 Å². The highest BCUT2D eigenvalue weighted by Crippen LogP contribution is 2.03. The first-order valence-corrected chi connectivity index (χ1v) is 8.08. The molecule has 0 rings (SSSR count). The summed E-state index contributed by atoms with van der Waals surface area (Å²) in [7, 11) is 0. The maximum atomic E-state index is 11.6. The average molecular weight is 285 g/mol. The highest BCUT2D eigenvalue weighted by atomic mass is 16.5. The second-order valence-electron chi connectivity index (χ2n) is 5.22. The van der Waals surface area contributed by atoms with Gasteiger partial charge in [0.25, 0.3) is 0 Å². The van der Waals surface area contributed by atoms with Crippen LogP contribution in [0.15, 0.2) is 0 Å². The molecule has 1 N–H and O–H groups in total. The van der Waals surface area contributed by atoms with Gasteiger partial charge < -0.3 is 10.1 Å². The highest BCUT2D eigenvalue weighted by Gasteiger charge is 2.09. The van der Waals surface area contributed by atoms with Crippen molar-refractivity contribution in [2.24, 2.45) is 0 Å². The number of hydrogen-bond acceptors (Lipinski definition) is 3. The number of esters is 1. The van der Waals surface area contributed by atoms with E-state index in [1.54, 1.807) is 0 Å². The van der Waals surface area contributed by atoms with Crippen LogP contribution in [0.5, 0.6) is 0 Å². The van der Waals surface area contributed by atoms with E-state index in [1.165, 1.54) is 12.8 Å². The first-order valence-electron chi connectivity index (χ1n) is 8.08. The second-order valence-corrected chi connectivity index (χ2v) is 5.22. The molecule has 0 aliphatic heterocycles. The lowest BCUT2D eigenvalue weighted by atomic mass is 10.1. The second kappa shape index (κ2) is 12.9. The first-order chi connectivity index (χ1) is 9.63. The maximum absolute atomic E-state index is 11.6. The third-order valence-electron chi connectivity index (χ3n) is 3.40. The fourth-order valence-corrected chi connectivity index (χ4v) is 1.97. The summed E-state index contributed by atoms with van der Waals surface area (Å²) < 4.78 is 5.12. The summed E-state index contributed by atoms with van der Waals surface area (Å²) in [6.07, 6.45) is 7.62. The number of carbonyl (C=O) groups is 2. The summed E-state index contributed by atoms with van der Waals surface area (Å²) in [5, 5.41) is 2.97. The quantitative estimate of drug-likeness (QED) is 0.440. The van der Waals surface area contributed by atoms with E-state index in [0.717, 1.165) is 25.7 Å². The van der Waals surface area contributed by atoms with Gasteiger partial charge in [0.15, 0.2) is 0 Å². The molecule has 4 nitrogen and oxygen atoms in total. The van der Waals surface area contributed by atoms with Crippen molar-refractivity contribution in [2.75, 3.05) is 6.61 Å². The van der Waals surface area contributed by atoms with Crippen molar-refractivity contribution in [1.29, 1.82) is 0 Å². The molecule has 0 heterocycles. The standard InChI is InChI=1S/C16H31NO3/c1-4-7-8-9-13-20-16(19)12-10-11-15(18)17-14(5-2)6-3/h14H,4-13H2,1-3H3,(H,17,18). The predicted octanol–water partition coefficient (Wildman–Crippen LogP) is 3.59. The lowest BCUT2D eigenvalue weighted by Gasteiger charge is -2.14. The third kappa shape index (κ3) is 10.8. The van der Waals surface area contributed by atoms with Crippen molar-refractivity contribution < 1.29 is 14.3 Å². The number of nitrogens with one attached hydrogen (secondary N) is 1. The summed E-state index contributed by atoms with van der Waals surface area (Å²) in [5.74, 6) is -0.147. The van der Waals surface area contributed by atoms with E-state index in [9.17, 15) is 9.59 Å². The molecule has 0 unspecified atom stereocenters. The first kappa shape index (κ1) is 18.9. The number of hydrogen-bond donors (Lipinski definition) is 1. The van der Waals surface area contributed by atoms with Gasteiger partial charge in [-0.05, 0) is 25.7 Å². The Morgan fingerprint density at radius 2 is 1.65 bits per heavy atom. The van der Waals surface area contributed by atoms with Crippen molar-refractivity contribution in [3.8, 4) is 0 Å². The minimum atomic E-state index is -0.183. The molecule has 0 aromatic heterocycles. The molecule has 20 heavy (non-hydrogen) atoms. The zero-order chi connectivity index (χ0) is 15.2. The van der Waals surface area contributed by atoms with Gasteiger partial charge in [-0.25, -0.2) is 0 Å². The molecular weight excluding hydrogens is 254 g/mol. The maximum Gasteiger partial charge on any atom is 0.305 e. The van der Waals surface area contributed by atoms with Gasteiger partial charge in [0, 0.05) is 18.9 Å². The van der Waals surface area contributed by atoms with Crippen molar-refractivity contribution in [3.63, 3.8) is 0 Å². The Bertz CT molecular complexity index is 262. The van der Waals surface area contributed by atoms with Crippen LogP contribution < -0.4 is 5.32 Å². The molecule has 0 radical (unpaired) electrons. The van der Waals surface area contributed by atoms with E-state index in [2.05, 4.69) is 26.1 Å². The Hall–Kier alpha value is -1.06. The molecule has 0 bridgehead atoms. The van der Waals surface area contributed by atoms with E-state index < -0.39 is 0 Å². The smallest absolute Gasteiger partial charge is 0.305 e. The summed E-state index contributed by atoms with van der Waals surface area (Å²) in [6, 6.07) is 0.257. The Labute approximate surface area is 123 Å². The van der Waals surface area contributed by atoms with Crippen LogP contribution in [0.25, 0.3) is 0 Å². The summed E-state index contributed by atoms with van der Waals surface area (Å²) in [5.41, 5.74) is 0. The largest absolute Gasteiger partial charge is 0.466 e. The molecule has 0 aromatic carbocycles. The molecule has 1 amide bonds. The SMILES string of the molecule is CCCCCCOC(=O)CCCC(=O)NC(CC)CC. The van der Waals surface area contributed by atoms with E-state index in [0.29, 0.717) is 25.9 Å². The van der Waals surface area contributed by atoms with Gasteiger partial charge in [-0.2, -0.15) is 0 Å². The third-order valence-corrected chi connectivity index (χ3v) is 3.40. The van der Waals surface area contributed by atoms with Crippen LogP contribution in [-0.2, 0) is 14.3 Å². The van der Waals surface area contributed by atoms with Gasteiger partial charge in [0.05, 0.1) is 6.61 Å². The van der Waals surface area contributed by atoms with Crippen molar-refractivity contribution >= 4 is 11.9 Å². The molecule has 0 aromatic rings. The van der Waals surface area contributed by atoms with Gasteiger partial charge in [-0.1, -0.05) is 40.0 Å². The van der Waals surface area contributed by atoms with E-state index in [-0.39, 0.29) is 17.9 Å². The normalized spacial score (nSPS) is 10.6. The Kier molecular flexibility index (Phi) is 12.3. The summed E-state index contributed by atoms with van der Waals surface area (Å²) >= 11 is 0. The fourth-order valence-electron chi connectivity index (χ4n) is 1.97. The summed E-state index contributed by atoms with van der Waals surface area (Å²) in [4.78, 5) is 23.1. The molecule has 4 heteroatoms. The number of carbonyl (C=O) groups excluding carboxylic acids is 2. The van der Waals surface area contributed by atoms with Crippen LogP contribution >= 0.6 is 0 Å². The predicted molar refractivity (Wildman–Crippen MR) is 81.5 cm³/mol. The zero-order valence-corrected chi connectivity index (χ0v) is 13.4. The molecule has 0 spiro atoms. The number of ether oxygens (including phenoxy) is 1. The van der Waals surface area contributed by atoms with Gasteiger partial charge in [0.1, 0.15) is 0 Å². The van der Waals surface area contributed by atoms with Crippen LogP contribution in [0.2, 0.25) is 0 Å². The number of rotatable bonds is 12. The minimum Gasteiger partial charge on any atom is -0.466 e. The molecule has 0 aliphatic rings. The summed E-state index contributed by atoms with van der Waals surface area (Å²) in [6.45, 7) is 6.78. The van der Waals surface area contributed by atoms with E-state index in [1.807, 2.05) is 0 Å². The average Bonchev–Trinajstić information content (AvgIpc) is 2.44. The molecule has 0 saturated carbocycles.